The number of hydrogen-bond donors (Lipinski definition) is 1. The van der Waals surface area contributed by atoms with Gasteiger partial charge < -0.3 is 10.6 Å². The van der Waals surface area contributed by atoms with Gasteiger partial charge in [0.25, 0.3) is 5.69 Å². The molecule has 6 heteroatoms. The molecule has 1 unspecified atom stereocenters. The van der Waals surface area contributed by atoms with Crippen molar-refractivity contribution >= 4 is 21.6 Å². The predicted octanol–water partition coefficient (Wildman–Crippen LogP) is 3.16. The Kier molecular flexibility index (Phi) is 6.58. The van der Waals surface area contributed by atoms with Crippen molar-refractivity contribution in [3.8, 4) is 0 Å². The molecule has 1 aromatic carbocycles. The quantitative estimate of drug-likeness (QED) is 0.609. The molecule has 0 saturated carbocycles. The Hall–Kier alpha value is -0.980. The fourth-order valence-electron chi connectivity index (χ4n) is 1.89. The molecule has 112 valence electrons. The molecule has 0 aliphatic rings. The van der Waals surface area contributed by atoms with Gasteiger partial charge in [-0.1, -0.05) is 19.9 Å². The average Bonchev–Trinajstić information content (AvgIpc) is 2.37. The van der Waals surface area contributed by atoms with Crippen LogP contribution in [0, 0.1) is 16.0 Å². The van der Waals surface area contributed by atoms with Crippen molar-refractivity contribution in [1.29, 1.82) is 0 Å². The second kappa shape index (κ2) is 7.71. The molecule has 0 aliphatic carbocycles. The van der Waals surface area contributed by atoms with Gasteiger partial charge in [-0.05, 0) is 53.5 Å². The van der Waals surface area contributed by atoms with E-state index in [-0.39, 0.29) is 16.7 Å². The van der Waals surface area contributed by atoms with Crippen LogP contribution in [0.1, 0.15) is 25.8 Å². The molecule has 0 aliphatic heterocycles. The smallest absolute Gasteiger partial charge is 0.283 e. The molecule has 1 rings (SSSR count). The zero-order valence-electron chi connectivity index (χ0n) is 12.2. The Bertz CT molecular complexity index is 466. The molecular weight excluding hydrogens is 322 g/mol. The first kappa shape index (κ1) is 17.1. The van der Waals surface area contributed by atoms with E-state index < -0.39 is 0 Å². The molecule has 0 heterocycles. The van der Waals surface area contributed by atoms with Crippen LogP contribution in [0.3, 0.4) is 0 Å². The lowest BCUT2D eigenvalue weighted by atomic mass is 10.0. The Labute approximate surface area is 128 Å². The molecule has 0 saturated heterocycles. The number of nitrogens with zero attached hydrogens (tertiary/aromatic N) is 2. The highest BCUT2D eigenvalue weighted by Crippen LogP contribution is 2.26. The van der Waals surface area contributed by atoms with Crippen LogP contribution in [0.4, 0.5) is 5.69 Å². The lowest BCUT2D eigenvalue weighted by molar-refractivity contribution is -0.385. The van der Waals surface area contributed by atoms with Crippen molar-refractivity contribution in [3.05, 3.63) is 38.3 Å². The van der Waals surface area contributed by atoms with Crippen LogP contribution in [0.2, 0.25) is 0 Å². The van der Waals surface area contributed by atoms with Crippen LogP contribution in [0.25, 0.3) is 0 Å². The number of benzene rings is 1. The summed E-state index contributed by atoms with van der Waals surface area (Å²) in [6, 6.07) is 5.43. The van der Waals surface area contributed by atoms with Crippen LogP contribution in [-0.4, -0.2) is 29.5 Å². The van der Waals surface area contributed by atoms with Crippen LogP contribution >= 0.6 is 15.9 Å². The van der Waals surface area contributed by atoms with E-state index >= 15 is 0 Å². The SMILES string of the molecule is CC(C)C(N)CCN(C)Cc1ccc(Br)c([N+](=O)[O-])c1. The zero-order valence-corrected chi connectivity index (χ0v) is 13.8. The van der Waals surface area contributed by atoms with Gasteiger partial charge in [0.05, 0.1) is 9.40 Å². The van der Waals surface area contributed by atoms with Crippen molar-refractivity contribution in [3.63, 3.8) is 0 Å². The second-order valence-corrected chi connectivity index (χ2v) is 6.33. The summed E-state index contributed by atoms with van der Waals surface area (Å²) < 4.78 is 0.510. The number of nitrogens with two attached hydrogens (primary N) is 1. The first-order valence-corrected chi connectivity index (χ1v) is 7.47. The minimum Gasteiger partial charge on any atom is -0.327 e. The average molecular weight is 344 g/mol. The normalized spacial score (nSPS) is 12.9. The van der Waals surface area contributed by atoms with Crippen molar-refractivity contribution in [2.24, 2.45) is 11.7 Å². The van der Waals surface area contributed by atoms with Crippen molar-refractivity contribution in [1.82, 2.24) is 4.90 Å². The van der Waals surface area contributed by atoms with Gasteiger partial charge in [-0.25, -0.2) is 0 Å². The van der Waals surface area contributed by atoms with Gasteiger partial charge >= 0.3 is 0 Å². The molecule has 1 atom stereocenters. The molecule has 0 fully saturated rings. The Morgan fingerprint density at radius 2 is 2.10 bits per heavy atom. The number of rotatable bonds is 7. The van der Waals surface area contributed by atoms with Gasteiger partial charge in [-0.15, -0.1) is 0 Å². The van der Waals surface area contributed by atoms with E-state index in [4.69, 9.17) is 5.73 Å². The molecule has 0 aromatic heterocycles. The number of nitro benzene ring substituents is 1. The van der Waals surface area contributed by atoms with Crippen molar-refractivity contribution in [2.45, 2.75) is 32.9 Å². The zero-order chi connectivity index (χ0) is 15.3. The monoisotopic (exact) mass is 343 g/mol. The molecule has 0 amide bonds. The van der Waals surface area contributed by atoms with E-state index in [1.807, 2.05) is 13.1 Å². The van der Waals surface area contributed by atoms with Crippen LogP contribution in [-0.2, 0) is 6.54 Å². The summed E-state index contributed by atoms with van der Waals surface area (Å²) in [4.78, 5) is 12.7. The minimum absolute atomic E-state index is 0.106. The van der Waals surface area contributed by atoms with Crippen LogP contribution < -0.4 is 5.73 Å². The fraction of sp³-hybridized carbons (Fsp3) is 0.571. The molecule has 0 radical (unpaired) electrons. The van der Waals surface area contributed by atoms with Crippen molar-refractivity contribution in [2.75, 3.05) is 13.6 Å². The highest BCUT2D eigenvalue weighted by Gasteiger charge is 2.14. The number of nitro groups is 1. The lowest BCUT2D eigenvalue weighted by Crippen LogP contribution is -2.31. The van der Waals surface area contributed by atoms with Gasteiger partial charge in [-0.2, -0.15) is 0 Å². The van der Waals surface area contributed by atoms with Crippen LogP contribution in [0.5, 0.6) is 0 Å². The van der Waals surface area contributed by atoms with Gasteiger partial charge in [0.15, 0.2) is 0 Å². The van der Waals surface area contributed by atoms with Gasteiger partial charge in [0.1, 0.15) is 0 Å². The third kappa shape index (κ3) is 5.19. The Morgan fingerprint density at radius 1 is 1.45 bits per heavy atom. The summed E-state index contributed by atoms with van der Waals surface area (Å²) in [6.45, 7) is 5.79. The van der Waals surface area contributed by atoms with E-state index in [9.17, 15) is 10.1 Å². The minimum atomic E-state index is -0.373. The maximum Gasteiger partial charge on any atom is 0.283 e. The van der Waals surface area contributed by atoms with Gasteiger partial charge in [0.2, 0.25) is 0 Å². The summed E-state index contributed by atoms with van der Waals surface area (Å²) >= 11 is 3.19. The van der Waals surface area contributed by atoms with E-state index in [2.05, 4.69) is 34.7 Å². The topological polar surface area (TPSA) is 72.4 Å². The largest absolute Gasteiger partial charge is 0.327 e. The van der Waals surface area contributed by atoms with Gasteiger partial charge in [-0.3, -0.25) is 10.1 Å². The molecule has 1 aromatic rings. The summed E-state index contributed by atoms with van der Waals surface area (Å²) in [5.74, 6) is 0.470. The molecule has 20 heavy (non-hydrogen) atoms. The standard InChI is InChI=1S/C14H22BrN3O2/c1-10(2)13(16)6-7-17(3)9-11-4-5-12(15)14(8-11)18(19)20/h4-5,8,10,13H,6-7,9,16H2,1-3H3. The molecule has 0 bridgehead atoms. The van der Waals surface area contributed by atoms with Gasteiger partial charge in [0, 0.05) is 18.7 Å². The van der Waals surface area contributed by atoms with E-state index in [0.717, 1.165) is 18.5 Å². The molecule has 2 N–H and O–H groups in total. The summed E-state index contributed by atoms with van der Waals surface area (Å²) in [6.07, 6.45) is 0.923. The highest BCUT2D eigenvalue weighted by molar-refractivity contribution is 9.10. The summed E-state index contributed by atoms with van der Waals surface area (Å²) in [5.41, 5.74) is 7.06. The third-order valence-corrected chi connectivity index (χ3v) is 4.03. The predicted molar refractivity (Wildman–Crippen MR) is 84.6 cm³/mol. The summed E-state index contributed by atoms with van der Waals surface area (Å²) in [5, 5.41) is 10.9. The molecule has 0 spiro atoms. The first-order chi connectivity index (χ1) is 9.31. The summed E-state index contributed by atoms with van der Waals surface area (Å²) in [7, 11) is 2.00. The number of halogens is 1. The fourth-order valence-corrected chi connectivity index (χ4v) is 2.28. The van der Waals surface area contributed by atoms with Crippen molar-refractivity contribution < 1.29 is 4.92 Å². The third-order valence-electron chi connectivity index (χ3n) is 3.36. The maximum atomic E-state index is 10.9. The highest BCUT2D eigenvalue weighted by atomic mass is 79.9. The first-order valence-electron chi connectivity index (χ1n) is 6.68. The Morgan fingerprint density at radius 3 is 2.65 bits per heavy atom. The lowest BCUT2D eigenvalue weighted by Gasteiger charge is -2.21. The van der Waals surface area contributed by atoms with E-state index in [0.29, 0.717) is 16.9 Å². The molecule has 5 nitrogen and oxygen atoms in total. The molecular formula is C14H22BrN3O2. The maximum absolute atomic E-state index is 10.9. The number of hydrogen-bond acceptors (Lipinski definition) is 4. The van der Waals surface area contributed by atoms with E-state index in [1.54, 1.807) is 12.1 Å². The van der Waals surface area contributed by atoms with E-state index in [1.165, 1.54) is 0 Å². The Balaban J connectivity index is 2.60. The second-order valence-electron chi connectivity index (χ2n) is 5.48. The van der Waals surface area contributed by atoms with Crippen LogP contribution in [0.15, 0.2) is 22.7 Å².